The summed E-state index contributed by atoms with van der Waals surface area (Å²) in [6.07, 6.45) is 0. The van der Waals surface area contributed by atoms with E-state index in [0.717, 1.165) is 0 Å². The molecule has 0 aliphatic heterocycles. The van der Waals surface area contributed by atoms with Gasteiger partial charge in [0.25, 0.3) is 0 Å². The molecule has 0 saturated heterocycles. The molecule has 0 fully saturated rings. The van der Waals surface area contributed by atoms with Crippen LogP contribution in [0.2, 0.25) is 0 Å². The van der Waals surface area contributed by atoms with E-state index < -0.39 is 0 Å². The lowest BCUT2D eigenvalue weighted by atomic mass is 9.83. The fraction of sp³-hybridized carbons (Fsp3) is 0.242. The molecular formula is C66H64. The Labute approximate surface area is 393 Å². The molecule has 0 radical (unpaired) electrons. The zero-order valence-corrected chi connectivity index (χ0v) is 41.2. The van der Waals surface area contributed by atoms with Crippen LogP contribution in [0.15, 0.2) is 170 Å². The minimum Gasteiger partial charge on any atom is -0.0579 e. The Bertz CT molecular complexity index is 3010. The van der Waals surface area contributed by atoms with Gasteiger partial charge in [0.15, 0.2) is 0 Å². The van der Waals surface area contributed by atoms with Crippen LogP contribution in [0.5, 0.6) is 0 Å². The van der Waals surface area contributed by atoms with E-state index in [2.05, 4.69) is 253 Å². The molecule has 10 aromatic carbocycles. The SMILES string of the molecule is CC(C)(C)c1ccc(-c2ccc3c4ccc(-c5ccc(C(C)(C)C)cc5)cc4c4c5cc(-c6ccc(C(C)(C)C)cc6)ccc5c5ccc(-c6ccc(C(C)(C)C)cc6)cc5c4c3c2)cc1. The largest absolute Gasteiger partial charge is 0.0579 e. The monoisotopic (exact) mass is 857 g/mol. The average molecular weight is 857 g/mol. The molecule has 0 bridgehead atoms. The van der Waals surface area contributed by atoms with E-state index >= 15 is 0 Å². The minimum absolute atomic E-state index is 0.0861. The van der Waals surface area contributed by atoms with Crippen molar-refractivity contribution in [2.75, 3.05) is 0 Å². The zero-order valence-electron chi connectivity index (χ0n) is 41.2. The Kier molecular flexibility index (Phi) is 10.2. The van der Waals surface area contributed by atoms with Crippen LogP contribution in [0.25, 0.3) is 98.4 Å². The third-order valence-electron chi connectivity index (χ3n) is 14.3. The highest BCUT2D eigenvalue weighted by Gasteiger charge is 2.21. The molecule has 328 valence electrons. The van der Waals surface area contributed by atoms with Crippen molar-refractivity contribution >= 4 is 53.9 Å². The van der Waals surface area contributed by atoms with Gasteiger partial charge < -0.3 is 0 Å². The third-order valence-corrected chi connectivity index (χ3v) is 14.3. The normalized spacial score (nSPS) is 12.8. The Morgan fingerprint density at radius 1 is 0.182 bits per heavy atom. The molecule has 0 heteroatoms. The molecule has 0 N–H and O–H groups in total. The highest BCUT2D eigenvalue weighted by molar-refractivity contribution is 6.40. The van der Waals surface area contributed by atoms with Crippen molar-refractivity contribution in [1.29, 1.82) is 0 Å². The molecule has 0 atom stereocenters. The predicted octanol–water partition coefficient (Wildman–Crippen LogP) is 19.3. The van der Waals surface area contributed by atoms with Crippen molar-refractivity contribution in [3.63, 3.8) is 0 Å². The van der Waals surface area contributed by atoms with Crippen LogP contribution in [0.4, 0.5) is 0 Å². The summed E-state index contributed by atoms with van der Waals surface area (Å²) in [4.78, 5) is 0. The van der Waals surface area contributed by atoms with E-state index in [1.54, 1.807) is 0 Å². The molecule has 0 unspecified atom stereocenters. The van der Waals surface area contributed by atoms with Crippen LogP contribution in [-0.2, 0) is 21.7 Å². The van der Waals surface area contributed by atoms with Crippen molar-refractivity contribution in [2.24, 2.45) is 0 Å². The van der Waals surface area contributed by atoms with Gasteiger partial charge in [-0.15, -0.1) is 0 Å². The number of rotatable bonds is 4. The molecule has 0 nitrogen and oxygen atoms in total. The fourth-order valence-corrected chi connectivity index (χ4v) is 10.1. The first-order chi connectivity index (χ1) is 31.2. The van der Waals surface area contributed by atoms with Gasteiger partial charge in [0.1, 0.15) is 0 Å². The summed E-state index contributed by atoms with van der Waals surface area (Å²) >= 11 is 0. The van der Waals surface area contributed by atoms with Crippen molar-refractivity contribution in [3.8, 4) is 44.5 Å². The van der Waals surface area contributed by atoms with Gasteiger partial charge in [0, 0.05) is 0 Å². The van der Waals surface area contributed by atoms with Crippen LogP contribution in [0.3, 0.4) is 0 Å². The molecule has 0 heterocycles. The Morgan fingerprint density at radius 3 is 0.515 bits per heavy atom. The third kappa shape index (κ3) is 7.79. The van der Waals surface area contributed by atoms with Crippen LogP contribution in [0, 0.1) is 0 Å². The second-order valence-corrected chi connectivity index (χ2v) is 23.1. The highest BCUT2D eigenvalue weighted by Crippen LogP contribution is 2.47. The molecule has 10 aromatic rings. The fourth-order valence-electron chi connectivity index (χ4n) is 10.1. The molecule has 66 heavy (non-hydrogen) atoms. The summed E-state index contributed by atoms with van der Waals surface area (Å²) in [5.74, 6) is 0. The quantitative estimate of drug-likeness (QED) is 0.155. The smallest absolute Gasteiger partial charge is 0.00134 e. The van der Waals surface area contributed by atoms with E-state index in [1.165, 1.54) is 121 Å². The number of benzene rings is 10. The van der Waals surface area contributed by atoms with Crippen LogP contribution in [-0.4, -0.2) is 0 Å². The second-order valence-electron chi connectivity index (χ2n) is 23.1. The van der Waals surface area contributed by atoms with Gasteiger partial charge in [-0.3, -0.25) is 0 Å². The maximum atomic E-state index is 2.48. The van der Waals surface area contributed by atoms with E-state index in [-0.39, 0.29) is 21.7 Å². The molecule has 10 rings (SSSR count). The lowest BCUT2D eigenvalue weighted by Crippen LogP contribution is -2.10. The summed E-state index contributed by atoms with van der Waals surface area (Å²) in [7, 11) is 0. The van der Waals surface area contributed by atoms with Gasteiger partial charge in [-0.2, -0.15) is 0 Å². The Morgan fingerprint density at radius 2 is 0.348 bits per heavy atom. The molecule has 0 aliphatic carbocycles. The van der Waals surface area contributed by atoms with Crippen LogP contribution in [0.1, 0.15) is 105 Å². The average Bonchev–Trinajstić information content (AvgIpc) is 3.29. The summed E-state index contributed by atoms with van der Waals surface area (Å²) in [5, 5.41) is 12.8. The maximum absolute atomic E-state index is 2.48. The van der Waals surface area contributed by atoms with Gasteiger partial charge in [-0.1, -0.05) is 229 Å². The number of hydrogen-bond donors (Lipinski definition) is 0. The van der Waals surface area contributed by atoms with Crippen molar-refractivity contribution in [3.05, 3.63) is 192 Å². The summed E-state index contributed by atoms with van der Waals surface area (Å²) in [5.41, 5.74) is 15.6. The first kappa shape index (κ1) is 43.4. The zero-order chi connectivity index (χ0) is 46.5. The van der Waals surface area contributed by atoms with Crippen molar-refractivity contribution < 1.29 is 0 Å². The van der Waals surface area contributed by atoms with E-state index in [0.29, 0.717) is 0 Å². The van der Waals surface area contributed by atoms with Crippen molar-refractivity contribution in [2.45, 2.75) is 105 Å². The van der Waals surface area contributed by atoms with E-state index in [9.17, 15) is 0 Å². The van der Waals surface area contributed by atoms with Crippen molar-refractivity contribution in [1.82, 2.24) is 0 Å². The second kappa shape index (κ2) is 15.6. The first-order valence-corrected chi connectivity index (χ1v) is 24.0. The summed E-state index contributed by atoms with van der Waals surface area (Å²) < 4.78 is 0. The topological polar surface area (TPSA) is 0 Å². The maximum Gasteiger partial charge on any atom is -0.00134 e. The van der Waals surface area contributed by atoms with E-state index in [4.69, 9.17) is 0 Å². The lowest BCUT2D eigenvalue weighted by molar-refractivity contribution is 0.590. The predicted molar refractivity (Wildman–Crippen MR) is 291 cm³/mol. The van der Waals surface area contributed by atoms with Gasteiger partial charge in [-0.25, -0.2) is 0 Å². The standard InChI is InChI=1S/C66H64/c1-63(2,3)49-25-13-41(14-26-49)45-21-33-53-54-34-22-47(43-17-29-51(30-18-43)65(7,8)9)39-59(54)62-60-40-48(44-19-31-52(32-20-44)66(10,11)12)24-36-56(60)55-35-23-46(38-58(55)61(62)57(53)37-45)42-15-27-50(28-16-42)64(4,5)6/h13-40H,1-12H3. The Balaban J connectivity index is 1.33. The van der Waals surface area contributed by atoms with Gasteiger partial charge in [0.2, 0.25) is 0 Å². The van der Waals surface area contributed by atoms with Gasteiger partial charge in [-0.05, 0) is 167 Å². The summed E-state index contributed by atoms with van der Waals surface area (Å²) in [6, 6.07) is 65.8. The molecule has 0 aliphatic rings. The Hall–Kier alpha value is -6.50. The molecule has 0 aromatic heterocycles. The molecule has 0 saturated carbocycles. The van der Waals surface area contributed by atoms with Gasteiger partial charge >= 0.3 is 0 Å². The first-order valence-electron chi connectivity index (χ1n) is 24.0. The lowest BCUT2D eigenvalue weighted by Gasteiger charge is -2.21. The number of hydrogen-bond acceptors (Lipinski definition) is 0. The van der Waals surface area contributed by atoms with Crippen LogP contribution < -0.4 is 0 Å². The summed E-state index contributed by atoms with van der Waals surface area (Å²) in [6.45, 7) is 27.5. The molecule has 0 spiro atoms. The minimum atomic E-state index is 0.0861. The highest BCUT2D eigenvalue weighted by atomic mass is 14.3. The number of fused-ring (bicyclic) bond motifs is 11. The van der Waals surface area contributed by atoms with Crippen LogP contribution >= 0.6 is 0 Å². The van der Waals surface area contributed by atoms with E-state index in [1.807, 2.05) is 0 Å². The molecule has 0 amide bonds. The molecular weight excluding hydrogens is 793 g/mol. The van der Waals surface area contributed by atoms with Gasteiger partial charge in [0.05, 0.1) is 0 Å².